The first-order chi connectivity index (χ1) is 9.07. The maximum Gasteiger partial charge on any atom is 0.254 e. The Morgan fingerprint density at radius 1 is 1.11 bits per heavy atom. The number of carbonyl (C=O) groups excluding carboxylic acids is 2. The van der Waals surface area contributed by atoms with Gasteiger partial charge >= 0.3 is 0 Å². The van der Waals surface area contributed by atoms with Crippen molar-refractivity contribution in [3.8, 4) is 0 Å². The van der Waals surface area contributed by atoms with Gasteiger partial charge < -0.3 is 0 Å². The van der Waals surface area contributed by atoms with Gasteiger partial charge in [-0.1, -0.05) is 24.3 Å². The monoisotopic (exact) mass is 255 g/mol. The second kappa shape index (κ2) is 3.88. The molecule has 0 aliphatic heterocycles. The second-order valence-electron chi connectivity index (χ2n) is 4.75. The van der Waals surface area contributed by atoms with E-state index >= 15 is 0 Å². The lowest BCUT2D eigenvalue weighted by molar-refractivity contribution is -0.679. The SMILES string of the molecule is CCn1c2c([n+](C)c1C)C(=O)c1ccccc1C2=O. The molecule has 0 spiro atoms. The molecule has 1 aliphatic rings. The molecular formula is C15H15N2O2+. The van der Waals surface area contributed by atoms with E-state index in [0.29, 0.717) is 29.1 Å². The van der Waals surface area contributed by atoms with Crippen LogP contribution in [0, 0.1) is 6.92 Å². The number of hydrogen-bond donors (Lipinski definition) is 0. The van der Waals surface area contributed by atoms with Crippen molar-refractivity contribution >= 4 is 11.6 Å². The number of benzene rings is 1. The number of aromatic nitrogens is 2. The summed E-state index contributed by atoms with van der Waals surface area (Å²) >= 11 is 0. The van der Waals surface area contributed by atoms with Gasteiger partial charge in [0.15, 0.2) is 0 Å². The smallest absolute Gasteiger partial charge is 0.254 e. The highest BCUT2D eigenvalue weighted by molar-refractivity contribution is 6.26. The molecule has 4 heteroatoms. The molecule has 0 atom stereocenters. The number of ketones is 2. The highest BCUT2D eigenvalue weighted by Gasteiger charge is 2.41. The third kappa shape index (κ3) is 1.37. The predicted molar refractivity (Wildman–Crippen MR) is 69.3 cm³/mol. The summed E-state index contributed by atoms with van der Waals surface area (Å²) in [4.78, 5) is 25.2. The minimum Gasteiger partial charge on any atom is -0.284 e. The number of imidazole rings is 1. The average molecular weight is 255 g/mol. The molecule has 19 heavy (non-hydrogen) atoms. The van der Waals surface area contributed by atoms with Gasteiger partial charge in [-0.3, -0.25) is 9.59 Å². The maximum absolute atomic E-state index is 12.6. The first-order valence-electron chi connectivity index (χ1n) is 6.35. The molecule has 4 nitrogen and oxygen atoms in total. The molecule has 3 rings (SSSR count). The normalized spacial score (nSPS) is 13.4. The predicted octanol–water partition coefficient (Wildman–Crippen LogP) is 1.42. The number of carbonyl (C=O) groups is 2. The van der Waals surface area contributed by atoms with Gasteiger partial charge in [-0.05, 0) is 6.92 Å². The first-order valence-corrected chi connectivity index (χ1v) is 6.35. The van der Waals surface area contributed by atoms with E-state index in [4.69, 9.17) is 0 Å². The van der Waals surface area contributed by atoms with Crippen molar-refractivity contribution in [1.29, 1.82) is 0 Å². The van der Waals surface area contributed by atoms with E-state index in [0.717, 1.165) is 5.82 Å². The van der Waals surface area contributed by atoms with Crippen LogP contribution >= 0.6 is 0 Å². The number of fused-ring (bicyclic) bond motifs is 2. The van der Waals surface area contributed by atoms with Gasteiger partial charge in [-0.25, -0.2) is 9.13 Å². The summed E-state index contributed by atoms with van der Waals surface area (Å²) in [5, 5.41) is 0. The highest BCUT2D eigenvalue weighted by Crippen LogP contribution is 2.26. The zero-order chi connectivity index (χ0) is 13.7. The van der Waals surface area contributed by atoms with E-state index < -0.39 is 0 Å². The molecule has 1 heterocycles. The summed E-state index contributed by atoms with van der Waals surface area (Å²) in [6.07, 6.45) is 0. The molecule has 0 fully saturated rings. The molecule has 1 aliphatic carbocycles. The molecule has 0 radical (unpaired) electrons. The van der Waals surface area contributed by atoms with Crippen molar-refractivity contribution in [2.75, 3.05) is 0 Å². The van der Waals surface area contributed by atoms with Crippen LogP contribution in [0.15, 0.2) is 24.3 Å². The molecule has 0 unspecified atom stereocenters. The van der Waals surface area contributed by atoms with E-state index in [1.54, 1.807) is 24.3 Å². The van der Waals surface area contributed by atoms with E-state index in [-0.39, 0.29) is 11.6 Å². The Morgan fingerprint density at radius 2 is 1.68 bits per heavy atom. The molecule has 0 saturated carbocycles. The van der Waals surface area contributed by atoms with Crippen LogP contribution in [-0.4, -0.2) is 16.1 Å². The fourth-order valence-electron chi connectivity index (χ4n) is 2.80. The van der Waals surface area contributed by atoms with Crippen LogP contribution < -0.4 is 4.57 Å². The van der Waals surface area contributed by atoms with Crippen molar-refractivity contribution in [3.63, 3.8) is 0 Å². The van der Waals surface area contributed by atoms with Gasteiger partial charge in [0.2, 0.25) is 23.0 Å². The van der Waals surface area contributed by atoms with Crippen LogP contribution in [0.5, 0.6) is 0 Å². The topological polar surface area (TPSA) is 43.0 Å². The van der Waals surface area contributed by atoms with Gasteiger partial charge in [0.05, 0.1) is 13.6 Å². The lowest BCUT2D eigenvalue weighted by atomic mass is 9.90. The quantitative estimate of drug-likeness (QED) is 0.617. The second-order valence-corrected chi connectivity index (χ2v) is 4.75. The van der Waals surface area contributed by atoms with E-state index in [1.165, 1.54) is 0 Å². The summed E-state index contributed by atoms with van der Waals surface area (Å²) < 4.78 is 3.72. The summed E-state index contributed by atoms with van der Waals surface area (Å²) in [5.41, 5.74) is 2.03. The lowest BCUT2D eigenvalue weighted by Gasteiger charge is -2.11. The molecule has 96 valence electrons. The van der Waals surface area contributed by atoms with Crippen LogP contribution in [0.2, 0.25) is 0 Å². The Kier molecular flexibility index (Phi) is 2.42. The van der Waals surface area contributed by atoms with Crippen molar-refractivity contribution in [3.05, 3.63) is 52.6 Å². The third-order valence-corrected chi connectivity index (χ3v) is 3.87. The van der Waals surface area contributed by atoms with Crippen LogP contribution in [-0.2, 0) is 13.6 Å². The summed E-state index contributed by atoms with van der Waals surface area (Å²) in [5.74, 6) is 0.792. The molecule has 0 saturated heterocycles. The fraction of sp³-hybridized carbons (Fsp3) is 0.267. The van der Waals surface area contributed by atoms with Crippen LogP contribution in [0.3, 0.4) is 0 Å². The Morgan fingerprint density at radius 3 is 2.26 bits per heavy atom. The summed E-state index contributed by atoms with van der Waals surface area (Å²) in [6.45, 7) is 4.58. The van der Waals surface area contributed by atoms with Crippen molar-refractivity contribution < 1.29 is 14.2 Å². The Bertz CT molecular complexity index is 726. The number of rotatable bonds is 1. The molecule has 2 aromatic rings. The van der Waals surface area contributed by atoms with E-state index in [1.807, 2.05) is 30.0 Å². The maximum atomic E-state index is 12.6. The molecule has 0 N–H and O–H groups in total. The lowest BCUT2D eigenvalue weighted by Crippen LogP contribution is -2.39. The molecule has 0 bridgehead atoms. The number of hydrogen-bond acceptors (Lipinski definition) is 2. The van der Waals surface area contributed by atoms with Crippen LogP contribution in [0.25, 0.3) is 0 Å². The highest BCUT2D eigenvalue weighted by atomic mass is 16.1. The Labute approximate surface area is 111 Å². The van der Waals surface area contributed by atoms with E-state index in [2.05, 4.69) is 0 Å². The van der Waals surface area contributed by atoms with Gasteiger partial charge in [0.25, 0.3) is 5.82 Å². The number of nitrogens with zero attached hydrogens (tertiary/aromatic N) is 2. The summed E-state index contributed by atoms with van der Waals surface area (Å²) in [7, 11) is 1.83. The Balaban J connectivity index is 2.39. The van der Waals surface area contributed by atoms with Gasteiger partial charge in [-0.2, -0.15) is 0 Å². The molecule has 0 amide bonds. The standard InChI is InChI=1S/C15H15N2O2/c1-4-17-9(2)16(3)12-13(17)15(19)11-8-6-5-7-10(11)14(12)18/h5-8H,4H2,1-3H3/q+1. The molecule has 1 aromatic carbocycles. The van der Waals surface area contributed by atoms with Crippen molar-refractivity contribution in [2.24, 2.45) is 7.05 Å². The minimum atomic E-state index is -0.0667. The molecule has 1 aromatic heterocycles. The van der Waals surface area contributed by atoms with Gasteiger partial charge in [-0.15, -0.1) is 0 Å². The van der Waals surface area contributed by atoms with Crippen LogP contribution in [0.1, 0.15) is 44.9 Å². The summed E-state index contributed by atoms with van der Waals surface area (Å²) in [6, 6.07) is 7.03. The van der Waals surface area contributed by atoms with Crippen LogP contribution in [0.4, 0.5) is 0 Å². The molecular weight excluding hydrogens is 240 g/mol. The Hall–Kier alpha value is -2.23. The zero-order valence-corrected chi connectivity index (χ0v) is 11.2. The largest absolute Gasteiger partial charge is 0.284 e. The zero-order valence-electron chi connectivity index (χ0n) is 11.2. The average Bonchev–Trinajstić information content (AvgIpc) is 2.69. The fourth-order valence-corrected chi connectivity index (χ4v) is 2.80. The minimum absolute atomic E-state index is 0.0595. The van der Waals surface area contributed by atoms with Gasteiger partial charge in [0, 0.05) is 18.1 Å². The van der Waals surface area contributed by atoms with Crippen molar-refractivity contribution in [1.82, 2.24) is 4.57 Å². The van der Waals surface area contributed by atoms with Crippen molar-refractivity contribution in [2.45, 2.75) is 20.4 Å². The van der Waals surface area contributed by atoms with Gasteiger partial charge in [0.1, 0.15) is 0 Å². The van der Waals surface area contributed by atoms with E-state index in [9.17, 15) is 9.59 Å². The first kappa shape index (κ1) is 11.8. The third-order valence-electron chi connectivity index (χ3n) is 3.87.